The van der Waals surface area contributed by atoms with Crippen molar-refractivity contribution in [2.24, 2.45) is 0 Å². The topological polar surface area (TPSA) is 12.9 Å². The quantitative estimate of drug-likeness (QED) is 0.623. The molecule has 3 aromatic rings. The molecule has 1 heterocycles. The second kappa shape index (κ2) is 5.89. The van der Waals surface area contributed by atoms with Crippen LogP contribution in [-0.4, -0.2) is 13.1 Å². The van der Waals surface area contributed by atoms with Crippen molar-refractivity contribution in [1.29, 1.82) is 0 Å². The van der Waals surface area contributed by atoms with Gasteiger partial charge in [-0.2, -0.15) is 0 Å². The number of pyridine rings is 1. The molecule has 0 saturated carbocycles. The molecule has 0 fully saturated rings. The molecule has 0 atom stereocenters. The van der Waals surface area contributed by atoms with Gasteiger partial charge in [0.2, 0.25) is 0 Å². The van der Waals surface area contributed by atoms with E-state index in [2.05, 4.69) is 80.3 Å². The van der Waals surface area contributed by atoms with E-state index in [0.717, 1.165) is 5.69 Å². The van der Waals surface area contributed by atoms with E-state index in [1.165, 1.54) is 21.9 Å². The van der Waals surface area contributed by atoms with Crippen LogP contribution in [0.3, 0.4) is 0 Å². The zero-order chi connectivity index (χ0) is 15.6. The Morgan fingerprint density at radius 2 is 1.27 bits per heavy atom. The minimum absolute atomic E-state index is 1.07. The van der Waals surface area contributed by atoms with Crippen molar-refractivity contribution in [3.63, 3.8) is 0 Å². The lowest BCUT2D eigenvalue weighted by Gasteiger charge is -2.22. The third kappa shape index (κ3) is 3.02. The molecule has 0 N–H and O–H groups in total. The summed E-state index contributed by atoms with van der Waals surface area (Å²) in [5, 5.41) is 1.47. The molecule has 0 aliphatic rings. The third-order valence-corrected chi connectivity index (χ3v) is 5.90. The summed E-state index contributed by atoms with van der Waals surface area (Å²) >= 11 is 0. The molecule has 2 aromatic carbocycles. The second-order valence-corrected chi connectivity index (χ2v) is 11.6. The van der Waals surface area contributed by atoms with Gasteiger partial charge in [0.05, 0.1) is 13.8 Å². The molecule has 0 bridgehead atoms. The third-order valence-electron chi connectivity index (χ3n) is 3.87. The van der Waals surface area contributed by atoms with Gasteiger partial charge in [0.15, 0.2) is 0 Å². The predicted molar refractivity (Wildman–Crippen MR) is 98.1 cm³/mol. The maximum absolute atomic E-state index is 4.72. The number of hydrogen-bond donors (Lipinski definition) is 0. The average Bonchev–Trinajstić information content (AvgIpc) is 2.55. The fourth-order valence-electron chi connectivity index (χ4n) is 2.69. The molecule has 0 saturated heterocycles. The summed E-state index contributed by atoms with van der Waals surface area (Å²) in [5.74, 6) is 0. The first-order valence-corrected chi connectivity index (χ1v) is 11.2. The van der Waals surface area contributed by atoms with Gasteiger partial charge in [0, 0.05) is 11.8 Å². The van der Waals surface area contributed by atoms with Crippen LogP contribution in [0.25, 0.3) is 22.4 Å². The van der Waals surface area contributed by atoms with E-state index >= 15 is 0 Å². The van der Waals surface area contributed by atoms with Crippen LogP contribution in [0, 0.1) is 0 Å². The molecule has 0 unspecified atom stereocenters. The van der Waals surface area contributed by atoms with Crippen molar-refractivity contribution in [2.45, 2.75) is 19.6 Å². The van der Waals surface area contributed by atoms with Crippen LogP contribution < -0.4 is 5.19 Å². The zero-order valence-electron chi connectivity index (χ0n) is 13.4. The Morgan fingerprint density at radius 1 is 0.727 bits per heavy atom. The van der Waals surface area contributed by atoms with Crippen LogP contribution in [-0.2, 0) is 0 Å². The highest BCUT2D eigenvalue weighted by Gasteiger charge is 2.22. The Labute approximate surface area is 133 Å². The van der Waals surface area contributed by atoms with Crippen molar-refractivity contribution in [1.82, 2.24) is 4.98 Å². The van der Waals surface area contributed by atoms with E-state index < -0.39 is 8.07 Å². The molecule has 22 heavy (non-hydrogen) atoms. The van der Waals surface area contributed by atoms with E-state index in [0.29, 0.717) is 0 Å². The summed E-state index contributed by atoms with van der Waals surface area (Å²) < 4.78 is 0. The fourth-order valence-corrected chi connectivity index (χ4v) is 4.28. The van der Waals surface area contributed by atoms with E-state index in [4.69, 9.17) is 4.98 Å². The van der Waals surface area contributed by atoms with Crippen LogP contribution in [0.4, 0.5) is 0 Å². The number of rotatable bonds is 3. The van der Waals surface area contributed by atoms with Gasteiger partial charge in [0.25, 0.3) is 0 Å². The van der Waals surface area contributed by atoms with Crippen molar-refractivity contribution >= 4 is 13.3 Å². The molecule has 2 heteroatoms. The first-order valence-electron chi connectivity index (χ1n) is 7.67. The minimum atomic E-state index is -1.46. The molecule has 0 spiro atoms. The van der Waals surface area contributed by atoms with E-state index in [-0.39, 0.29) is 0 Å². The van der Waals surface area contributed by atoms with Crippen LogP contribution >= 0.6 is 0 Å². The van der Waals surface area contributed by atoms with Gasteiger partial charge in [-0.25, -0.2) is 0 Å². The van der Waals surface area contributed by atoms with Crippen LogP contribution in [0.1, 0.15) is 0 Å². The number of hydrogen-bond acceptors (Lipinski definition) is 1. The Hall–Kier alpha value is -2.19. The lowest BCUT2D eigenvalue weighted by Crippen LogP contribution is -2.39. The molecular weight excluding hydrogens is 282 g/mol. The highest BCUT2D eigenvalue weighted by atomic mass is 28.3. The summed E-state index contributed by atoms with van der Waals surface area (Å²) in [6.45, 7) is 7.18. The maximum atomic E-state index is 4.72. The van der Waals surface area contributed by atoms with E-state index in [1.807, 2.05) is 12.3 Å². The molecule has 0 radical (unpaired) electrons. The summed E-state index contributed by atoms with van der Waals surface area (Å²) in [6.07, 6.45) is 2.05. The molecule has 1 aromatic heterocycles. The first kappa shape index (κ1) is 14.7. The van der Waals surface area contributed by atoms with E-state index in [9.17, 15) is 0 Å². The first-order chi connectivity index (χ1) is 10.6. The Balaban J connectivity index is 2.17. The minimum Gasteiger partial charge on any atom is -0.256 e. The summed E-state index contributed by atoms with van der Waals surface area (Å²) in [6, 6.07) is 23.3. The number of nitrogens with zero attached hydrogens (tertiary/aromatic N) is 1. The predicted octanol–water partition coefficient (Wildman–Crippen LogP) is 4.96. The molecule has 110 valence electrons. The molecule has 0 amide bonds. The van der Waals surface area contributed by atoms with Gasteiger partial charge < -0.3 is 0 Å². The zero-order valence-corrected chi connectivity index (χ0v) is 14.4. The van der Waals surface area contributed by atoms with Gasteiger partial charge in [-0.05, 0) is 22.4 Å². The van der Waals surface area contributed by atoms with Crippen LogP contribution in [0.2, 0.25) is 19.6 Å². The average molecular weight is 303 g/mol. The van der Waals surface area contributed by atoms with Gasteiger partial charge in [-0.15, -0.1) is 0 Å². The molecular formula is C20H21NSi. The summed E-state index contributed by atoms with van der Waals surface area (Å²) in [7, 11) is -1.46. The number of aromatic nitrogens is 1. The van der Waals surface area contributed by atoms with Gasteiger partial charge in [-0.1, -0.05) is 80.3 Å². The van der Waals surface area contributed by atoms with Crippen molar-refractivity contribution < 1.29 is 0 Å². The van der Waals surface area contributed by atoms with Gasteiger partial charge in [0.1, 0.15) is 0 Å². The van der Waals surface area contributed by atoms with Gasteiger partial charge >= 0.3 is 0 Å². The molecule has 1 nitrogen and oxygen atoms in total. The standard InChI is InChI=1S/C20H21NSi/c1-22(2,3)20-14-19(17-12-8-5-9-13-17)21-15-18(20)16-10-6-4-7-11-16/h4-15H,1-3H3. The second-order valence-electron chi connectivity index (χ2n) is 6.60. The lowest BCUT2D eigenvalue weighted by molar-refractivity contribution is 1.33. The SMILES string of the molecule is C[Si](C)(C)c1cc(-c2ccccc2)ncc1-c1ccccc1. The monoisotopic (exact) mass is 303 g/mol. The highest BCUT2D eigenvalue weighted by molar-refractivity contribution is 6.89. The summed E-state index contributed by atoms with van der Waals surface area (Å²) in [4.78, 5) is 4.72. The molecule has 3 rings (SSSR count). The molecule has 0 aliphatic carbocycles. The lowest BCUT2D eigenvalue weighted by atomic mass is 10.1. The van der Waals surface area contributed by atoms with Crippen molar-refractivity contribution in [3.05, 3.63) is 72.9 Å². The Morgan fingerprint density at radius 3 is 1.82 bits per heavy atom. The smallest absolute Gasteiger partial charge is 0.0785 e. The number of benzene rings is 2. The van der Waals surface area contributed by atoms with Crippen LogP contribution in [0.5, 0.6) is 0 Å². The maximum Gasteiger partial charge on any atom is 0.0785 e. The van der Waals surface area contributed by atoms with Gasteiger partial charge in [-0.3, -0.25) is 4.98 Å². The molecule has 0 aliphatic heterocycles. The summed E-state index contributed by atoms with van der Waals surface area (Å²) in [5.41, 5.74) is 4.78. The largest absolute Gasteiger partial charge is 0.256 e. The fraction of sp³-hybridized carbons (Fsp3) is 0.150. The normalized spacial score (nSPS) is 11.4. The van der Waals surface area contributed by atoms with E-state index in [1.54, 1.807) is 0 Å². The van der Waals surface area contributed by atoms with Crippen molar-refractivity contribution in [2.75, 3.05) is 0 Å². The Kier molecular flexibility index (Phi) is 3.95. The van der Waals surface area contributed by atoms with Crippen molar-refractivity contribution in [3.8, 4) is 22.4 Å². The highest BCUT2D eigenvalue weighted by Crippen LogP contribution is 2.23. The Bertz CT molecular complexity index is 759. The van der Waals surface area contributed by atoms with Crippen LogP contribution in [0.15, 0.2) is 72.9 Å².